The molecule has 3 aromatic rings. The molecule has 0 aliphatic carbocycles. The number of hydrogen-bond acceptors (Lipinski definition) is 4. The third kappa shape index (κ3) is 3.41. The van der Waals surface area contributed by atoms with Gasteiger partial charge < -0.3 is 5.11 Å². The van der Waals surface area contributed by atoms with Gasteiger partial charge >= 0.3 is 0 Å². The largest absolute Gasteiger partial charge is 0.507 e. The third-order valence-corrected chi connectivity index (χ3v) is 6.83. The van der Waals surface area contributed by atoms with Gasteiger partial charge in [-0.25, -0.2) is 0 Å². The summed E-state index contributed by atoms with van der Waals surface area (Å²) in [6, 6.07) is 18.1. The van der Waals surface area contributed by atoms with Crippen molar-refractivity contribution in [3.05, 3.63) is 84.6 Å². The van der Waals surface area contributed by atoms with E-state index in [4.69, 9.17) is 4.99 Å². The maximum atomic E-state index is 10.2. The van der Waals surface area contributed by atoms with Crippen LogP contribution < -0.4 is 0 Å². The number of phenolic OH excluding ortho intramolecular Hbond substituents is 1. The second kappa shape index (κ2) is 8.04. The molecule has 0 spiro atoms. The summed E-state index contributed by atoms with van der Waals surface area (Å²) < 4.78 is 0. The minimum atomic E-state index is -0.00827. The zero-order chi connectivity index (χ0) is 20.5. The number of para-hydroxylation sites is 2. The number of aromatic nitrogens is 1. The number of aromatic hydroxyl groups is 1. The number of nitrogens with zero attached hydrogens (tertiary/aromatic N) is 3. The monoisotopic (exact) mass is 397 g/mol. The van der Waals surface area contributed by atoms with Crippen LogP contribution in [-0.2, 0) is 0 Å². The van der Waals surface area contributed by atoms with Crippen LogP contribution in [0.3, 0.4) is 0 Å². The van der Waals surface area contributed by atoms with Crippen molar-refractivity contribution in [3.63, 3.8) is 0 Å². The number of phenols is 1. The minimum absolute atomic E-state index is 0.00827. The number of rotatable bonds is 5. The van der Waals surface area contributed by atoms with E-state index in [-0.39, 0.29) is 11.8 Å². The van der Waals surface area contributed by atoms with Gasteiger partial charge in [-0.1, -0.05) is 36.4 Å². The highest BCUT2D eigenvalue weighted by molar-refractivity contribution is 5.85. The summed E-state index contributed by atoms with van der Waals surface area (Å²) in [6.07, 6.45) is 8.22. The van der Waals surface area contributed by atoms with E-state index in [1.54, 1.807) is 6.07 Å². The number of benzene rings is 2. The second-order valence-corrected chi connectivity index (χ2v) is 8.45. The highest BCUT2D eigenvalue weighted by Crippen LogP contribution is 2.43. The lowest BCUT2D eigenvalue weighted by atomic mass is 9.73. The van der Waals surface area contributed by atoms with Crippen LogP contribution >= 0.6 is 0 Å². The lowest BCUT2D eigenvalue weighted by Gasteiger charge is -2.51. The van der Waals surface area contributed by atoms with Crippen LogP contribution in [0.4, 0.5) is 0 Å². The van der Waals surface area contributed by atoms with E-state index in [9.17, 15) is 5.11 Å². The Hall–Kier alpha value is -2.98. The Bertz CT molecular complexity index is 1090. The number of piperidine rings is 3. The summed E-state index contributed by atoms with van der Waals surface area (Å²) in [5.74, 6) is 1.51. The molecule has 4 heterocycles. The van der Waals surface area contributed by atoms with Gasteiger partial charge in [0.2, 0.25) is 0 Å². The first-order valence-corrected chi connectivity index (χ1v) is 10.8. The fraction of sp³-hybridized carbons (Fsp3) is 0.308. The van der Waals surface area contributed by atoms with E-state index in [1.165, 1.54) is 12.0 Å². The molecule has 4 heteroatoms. The van der Waals surface area contributed by atoms with Crippen molar-refractivity contribution < 1.29 is 5.11 Å². The van der Waals surface area contributed by atoms with Gasteiger partial charge in [0.1, 0.15) is 5.75 Å². The smallest absolute Gasteiger partial charge is 0.124 e. The molecular formula is C26H27N3O. The summed E-state index contributed by atoms with van der Waals surface area (Å²) >= 11 is 0. The minimum Gasteiger partial charge on any atom is -0.507 e. The van der Waals surface area contributed by atoms with Gasteiger partial charge in [-0.15, -0.1) is 6.58 Å². The van der Waals surface area contributed by atoms with Crippen molar-refractivity contribution in [1.29, 1.82) is 0 Å². The Labute approximate surface area is 177 Å². The van der Waals surface area contributed by atoms with Crippen molar-refractivity contribution >= 4 is 17.1 Å². The van der Waals surface area contributed by atoms with Crippen LogP contribution in [0.2, 0.25) is 0 Å². The quantitative estimate of drug-likeness (QED) is 0.487. The van der Waals surface area contributed by atoms with E-state index in [1.807, 2.05) is 36.7 Å². The van der Waals surface area contributed by atoms with Crippen molar-refractivity contribution in [2.24, 2.45) is 16.8 Å². The van der Waals surface area contributed by atoms with E-state index in [0.29, 0.717) is 17.9 Å². The lowest BCUT2D eigenvalue weighted by Crippen LogP contribution is -2.54. The van der Waals surface area contributed by atoms with Crippen molar-refractivity contribution in [1.82, 2.24) is 9.88 Å². The molecule has 3 aliphatic rings. The van der Waals surface area contributed by atoms with Crippen LogP contribution in [0.15, 0.2) is 78.4 Å². The predicted octanol–water partition coefficient (Wildman–Crippen LogP) is 5.00. The van der Waals surface area contributed by atoms with E-state index in [0.717, 1.165) is 36.0 Å². The normalized spacial score (nSPS) is 26.8. The SMILES string of the molecule is C=C[C@H]1CN2CC[C@H]1C[C@H]2[C@@H](N=Cc1ccccc1O)c1ccnc2ccccc12. The Balaban J connectivity index is 1.58. The number of pyridine rings is 1. The molecule has 0 amide bonds. The van der Waals surface area contributed by atoms with Gasteiger partial charge in [0.05, 0.1) is 11.6 Å². The Morgan fingerprint density at radius 3 is 2.77 bits per heavy atom. The molecule has 1 N–H and O–H groups in total. The Morgan fingerprint density at radius 2 is 1.97 bits per heavy atom. The molecule has 3 aliphatic heterocycles. The van der Waals surface area contributed by atoms with Gasteiger partial charge in [0.25, 0.3) is 0 Å². The third-order valence-electron chi connectivity index (χ3n) is 6.83. The highest BCUT2D eigenvalue weighted by atomic mass is 16.3. The lowest BCUT2D eigenvalue weighted by molar-refractivity contribution is 0.00797. The van der Waals surface area contributed by atoms with Gasteiger partial charge in [-0.3, -0.25) is 14.9 Å². The fourth-order valence-electron chi connectivity index (χ4n) is 5.23. The summed E-state index contributed by atoms with van der Waals surface area (Å²) in [4.78, 5) is 12.2. The first-order valence-electron chi connectivity index (χ1n) is 10.8. The molecule has 3 fully saturated rings. The average molecular weight is 398 g/mol. The van der Waals surface area contributed by atoms with E-state index >= 15 is 0 Å². The summed E-state index contributed by atoms with van der Waals surface area (Å²) in [6.45, 7) is 6.24. The molecule has 3 saturated heterocycles. The van der Waals surface area contributed by atoms with Crippen molar-refractivity contribution in [2.75, 3.05) is 13.1 Å². The van der Waals surface area contributed by atoms with Crippen LogP contribution in [0.25, 0.3) is 10.9 Å². The van der Waals surface area contributed by atoms with Crippen molar-refractivity contribution in [3.8, 4) is 5.75 Å². The molecule has 0 saturated carbocycles. The molecular weight excluding hydrogens is 370 g/mol. The average Bonchev–Trinajstić information content (AvgIpc) is 2.81. The van der Waals surface area contributed by atoms with Crippen LogP contribution in [0.1, 0.15) is 30.0 Å². The van der Waals surface area contributed by atoms with Gasteiger partial charge in [-0.05, 0) is 61.1 Å². The molecule has 152 valence electrons. The maximum Gasteiger partial charge on any atom is 0.124 e. The molecule has 6 rings (SSSR count). The first-order chi connectivity index (χ1) is 14.7. The molecule has 30 heavy (non-hydrogen) atoms. The Kier molecular flexibility index (Phi) is 5.09. The van der Waals surface area contributed by atoms with Crippen LogP contribution in [0, 0.1) is 11.8 Å². The molecule has 1 aromatic heterocycles. The molecule has 0 radical (unpaired) electrons. The summed E-state index contributed by atoms with van der Waals surface area (Å²) in [7, 11) is 0. The van der Waals surface area contributed by atoms with Crippen LogP contribution in [0.5, 0.6) is 5.75 Å². The maximum absolute atomic E-state index is 10.2. The van der Waals surface area contributed by atoms with E-state index < -0.39 is 0 Å². The van der Waals surface area contributed by atoms with Crippen LogP contribution in [-0.4, -0.2) is 40.3 Å². The molecule has 2 bridgehead atoms. The number of fused-ring (bicyclic) bond motifs is 4. The molecule has 5 atom stereocenters. The standard InChI is InChI=1S/C26H27N3O/c1-2-18-17-29-14-12-19(18)15-24(29)26(28-16-20-7-3-6-10-25(20)30)22-11-13-27-23-9-5-4-8-21(22)23/h2-11,13,16,18-19,24,26,30H,1,12,14-15,17H2/t18-,19-,24-,26-/m0/s1. The van der Waals surface area contributed by atoms with Crippen molar-refractivity contribution in [2.45, 2.75) is 24.9 Å². The number of aliphatic imine (C=N–C) groups is 1. The zero-order valence-corrected chi connectivity index (χ0v) is 17.1. The van der Waals surface area contributed by atoms with Gasteiger partial charge in [0.15, 0.2) is 0 Å². The number of hydrogen-bond donors (Lipinski definition) is 1. The second-order valence-electron chi connectivity index (χ2n) is 8.45. The predicted molar refractivity (Wildman–Crippen MR) is 122 cm³/mol. The molecule has 1 unspecified atom stereocenters. The van der Waals surface area contributed by atoms with Gasteiger partial charge in [-0.2, -0.15) is 0 Å². The highest BCUT2D eigenvalue weighted by Gasteiger charge is 2.42. The summed E-state index contributed by atoms with van der Waals surface area (Å²) in [5.41, 5.74) is 2.96. The fourth-order valence-corrected chi connectivity index (χ4v) is 5.23. The first kappa shape index (κ1) is 19.0. The molecule has 2 aromatic carbocycles. The molecule has 4 nitrogen and oxygen atoms in total. The summed E-state index contributed by atoms with van der Waals surface area (Å²) in [5, 5.41) is 11.4. The topological polar surface area (TPSA) is 48.7 Å². The van der Waals surface area contributed by atoms with Gasteiger partial charge in [0, 0.05) is 35.9 Å². The zero-order valence-electron chi connectivity index (χ0n) is 17.1. The van der Waals surface area contributed by atoms with E-state index in [2.05, 4.69) is 46.8 Å². The Morgan fingerprint density at radius 1 is 1.13 bits per heavy atom.